The number of ether oxygens (including phenoxy) is 2. The molecule has 0 spiro atoms. The van der Waals surface area contributed by atoms with E-state index in [2.05, 4.69) is 9.97 Å². The SMILES string of the molecule is O=C(c1ccc([N+](=O)[O-])o1)N(Cc1cccnc1)c1nc2cc3c(cc2s1)OCO3. The first-order valence-electron chi connectivity index (χ1n) is 8.73. The quantitative estimate of drug-likeness (QED) is 0.351. The summed E-state index contributed by atoms with van der Waals surface area (Å²) in [6.45, 7) is 0.316. The highest BCUT2D eigenvalue weighted by molar-refractivity contribution is 7.22. The number of fused-ring (bicyclic) bond motifs is 2. The van der Waals surface area contributed by atoms with Gasteiger partial charge >= 0.3 is 5.88 Å². The lowest BCUT2D eigenvalue weighted by Gasteiger charge is -2.18. The summed E-state index contributed by atoms with van der Waals surface area (Å²) in [5, 5.41) is 11.3. The van der Waals surface area contributed by atoms with E-state index in [0.717, 1.165) is 16.3 Å². The maximum absolute atomic E-state index is 13.2. The van der Waals surface area contributed by atoms with E-state index in [4.69, 9.17) is 13.9 Å². The fourth-order valence-electron chi connectivity index (χ4n) is 3.00. The number of hydrogen-bond acceptors (Lipinski definition) is 9. The molecule has 4 aromatic rings. The van der Waals surface area contributed by atoms with E-state index in [0.29, 0.717) is 22.1 Å². The molecule has 1 aliphatic rings. The van der Waals surface area contributed by atoms with E-state index in [1.807, 2.05) is 12.1 Å². The molecule has 0 saturated heterocycles. The van der Waals surface area contributed by atoms with Crippen molar-refractivity contribution in [1.29, 1.82) is 0 Å². The van der Waals surface area contributed by atoms with E-state index >= 15 is 0 Å². The van der Waals surface area contributed by atoms with Crippen LogP contribution in [-0.2, 0) is 6.54 Å². The fourth-order valence-corrected chi connectivity index (χ4v) is 3.97. The van der Waals surface area contributed by atoms with E-state index in [1.165, 1.54) is 22.3 Å². The van der Waals surface area contributed by atoms with Crippen LogP contribution in [0.25, 0.3) is 10.2 Å². The Morgan fingerprint density at radius 1 is 1.23 bits per heavy atom. The van der Waals surface area contributed by atoms with Crippen molar-refractivity contribution in [2.75, 3.05) is 11.7 Å². The fraction of sp³-hybridized carbons (Fsp3) is 0.105. The smallest absolute Gasteiger partial charge is 0.433 e. The highest BCUT2D eigenvalue weighted by Gasteiger charge is 2.27. The van der Waals surface area contributed by atoms with Crippen LogP contribution >= 0.6 is 11.3 Å². The lowest BCUT2D eigenvalue weighted by atomic mass is 10.2. The third-order valence-electron chi connectivity index (χ3n) is 4.39. The molecule has 0 fully saturated rings. The summed E-state index contributed by atoms with van der Waals surface area (Å²) in [5.41, 5.74) is 1.41. The number of amides is 1. The highest BCUT2D eigenvalue weighted by Crippen LogP contribution is 2.40. The number of anilines is 1. The summed E-state index contributed by atoms with van der Waals surface area (Å²) in [4.78, 5) is 33.4. The molecular weight excluding hydrogens is 412 g/mol. The van der Waals surface area contributed by atoms with Crippen LogP contribution in [-0.4, -0.2) is 27.6 Å². The van der Waals surface area contributed by atoms with Gasteiger partial charge in [-0.05, 0) is 17.7 Å². The Labute approximate surface area is 172 Å². The van der Waals surface area contributed by atoms with Crippen molar-refractivity contribution in [3.8, 4) is 11.5 Å². The normalized spacial score (nSPS) is 12.3. The van der Waals surface area contributed by atoms with Gasteiger partial charge in [0, 0.05) is 24.5 Å². The number of nitro groups is 1. The largest absolute Gasteiger partial charge is 0.454 e. The molecule has 1 aromatic carbocycles. The Hall–Kier alpha value is -3.99. The van der Waals surface area contributed by atoms with Crippen molar-refractivity contribution < 1.29 is 23.6 Å². The lowest BCUT2D eigenvalue weighted by Crippen LogP contribution is -2.30. The summed E-state index contributed by atoms with van der Waals surface area (Å²) in [5.74, 6) is -0.00426. The third kappa shape index (κ3) is 3.20. The first kappa shape index (κ1) is 18.1. The minimum atomic E-state index is -0.693. The van der Waals surface area contributed by atoms with Gasteiger partial charge < -0.3 is 13.9 Å². The molecule has 1 amide bonds. The number of nitrogens with zero attached hydrogens (tertiary/aromatic N) is 4. The van der Waals surface area contributed by atoms with Crippen LogP contribution in [0.4, 0.5) is 11.0 Å². The molecule has 0 unspecified atom stereocenters. The second-order valence-corrected chi connectivity index (χ2v) is 7.33. The van der Waals surface area contributed by atoms with Crippen molar-refractivity contribution >= 4 is 38.5 Å². The molecule has 0 atom stereocenters. The van der Waals surface area contributed by atoms with Gasteiger partial charge in [0.1, 0.15) is 4.92 Å². The minimum absolute atomic E-state index is 0.154. The molecule has 3 aromatic heterocycles. The van der Waals surface area contributed by atoms with Crippen LogP contribution in [0, 0.1) is 10.1 Å². The minimum Gasteiger partial charge on any atom is -0.454 e. The molecule has 30 heavy (non-hydrogen) atoms. The van der Waals surface area contributed by atoms with Crippen LogP contribution in [0.2, 0.25) is 0 Å². The molecule has 11 heteroatoms. The molecular formula is C19H12N4O6S. The zero-order chi connectivity index (χ0) is 20.7. The number of carbonyl (C=O) groups is 1. The van der Waals surface area contributed by atoms with Crippen LogP contribution in [0.3, 0.4) is 0 Å². The van der Waals surface area contributed by atoms with E-state index in [9.17, 15) is 14.9 Å². The average Bonchev–Trinajstić information content (AvgIpc) is 3.49. The zero-order valence-electron chi connectivity index (χ0n) is 15.2. The van der Waals surface area contributed by atoms with Crippen molar-refractivity contribution in [3.05, 3.63) is 70.2 Å². The van der Waals surface area contributed by atoms with Crippen LogP contribution < -0.4 is 14.4 Å². The first-order chi connectivity index (χ1) is 14.6. The number of thiazole rings is 1. The monoisotopic (exact) mass is 424 g/mol. The number of furan rings is 1. The van der Waals surface area contributed by atoms with Gasteiger partial charge in [0.2, 0.25) is 6.79 Å². The number of benzene rings is 1. The topological polar surface area (TPSA) is 121 Å². The van der Waals surface area contributed by atoms with Crippen molar-refractivity contribution in [2.24, 2.45) is 0 Å². The average molecular weight is 424 g/mol. The maximum Gasteiger partial charge on any atom is 0.433 e. The molecule has 5 rings (SSSR count). The van der Waals surface area contributed by atoms with Crippen LogP contribution in [0.1, 0.15) is 16.1 Å². The molecule has 0 saturated carbocycles. The molecule has 150 valence electrons. The van der Waals surface area contributed by atoms with Crippen molar-refractivity contribution in [1.82, 2.24) is 9.97 Å². The Kier molecular flexibility index (Phi) is 4.29. The maximum atomic E-state index is 13.2. The van der Waals surface area contributed by atoms with Gasteiger partial charge in [-0.3, -0.25) is 24.8 Å². The second kappa shape index (κ2) is 7.12. The van der Waals surface area contributed by atoms with E-state index < -0.39 is 16.7 Å². The van der Waals surface area contributed by atoms with Gasteiger partial charge in [-0.25, -0.2) is 4.98 Å². The van der Waals surface area contributed by atoms with Gasteiger partial charge in [0.25, 0.3) is 5.91 Å². The van der Waals surface area contributed by atoms with E-state index in [1.54, 1.807) is 24.5 Å². The lowest BCUT2D eigenvalue weighted by molar-refractivity contribution is -0.402. The molecule has 10 nitrogen and oxygen atoms in total. The number of pyridine rings is 1. The standard InChI is InChI=1S/C19H12N4O6S/c24-18(13-3-4-17(29-13)23(25)26)22(9-11-2-1-5-20-8-11)19-21-12-6-14-15(28-10-27-14)7-16(12)30-19/h1-8H,9-10H2. The first-order valence-corrected chi connectivity index (χ1v) is 9.55. The Balaban J connectivity index is 1.55. The number of aromatic nitrogens is 2. The van der Waals surface area contributed by atoms with Gasteiger partial charge in [-0.1, -0.05) is 17.4 Å². The van der Waals surface area contributed by atoms with Gasteiger partial charge in [0.15, 0.2) is 22.4 Å². The zero-order valence-corrected chi connectivity index (χ0v) is 16.0. The molecule has 1 aliphatic heterocycles. The summed E-state index contributed by atoms with van der Waals surface area (Å²) in [6.07, 6.45) is 3.26. The van der Waals surface area contributed by atoms with Crippen LogP contribution in [0.15, 0.2) is 53.2 Å². The van der Waals surface area contributed by atoms with Gasteiger partial charge in [-0.2, -0.15) is 0 Å². The Morgan fingerprint density at radius 2 is 2.07 bits per heavy atom. The van der Waals surface area contributed by atoms with E-state index in [-0.39, 0.29) is 19.1 Å². The number of carbonyl (C=O) groups excluding carboxylic acids is 1. The Morgan fingerprint density at radius 3 is 2.80 bits per heavy atom. The second-order valence-electron chi connectivity index (χ2n) is 6.32. The van der Waals surface area contributed by atoms with Crippen LogP contribution in [0.5, 0.6) is 11.5 Å². The molecule has 0 bridgehead atoms. The van der Waals surface area contributed by atoms with Gasteiger partial charge in [-0.15, -0.1) is 0 Å². The summed E-state index contributed by atoms with van der Waals surface area (Å²) >= 11 is 1.29. The molecule has 0 N–H and O–H groups in total. The number of rotatable bonds is 5. The summed E-state index contributed by atoms with van der Waals surface area (Å²) in [6, 6.07) is 9.56. The van der Waals surface area contributed by atoms with Crippen molar-refractivity contribution in [2.45, 2.75) is 6.54 Å². The number of hydrogen-bond donors (Lipinski definition) is 0. The summed E-state index contributed by atoms with van der Waals surface area (Å²) < 4.78 is 16.7. The Bertz CT molecular complexity index is 1230. The third-order valence-corrected chi connectivity index (χ3v) is 5.43. The highest BCUT2D eigenvalue weighted by atomic mass is 32.1. The van der Waals surface area contributed by atoms with Gasteiger partial charge in [0.05, 0.1) is 22.8 Å². The summed E-state index contributed by atoms with van der Waals surface area (Å²) in [7, 11) is 0. The molecule has 0 aliphatic carbocycles. The van der Waals surface area contributed by atoms with Crippen molar-refractivity contribution in [3.63, 3.8) is 0 Å². The molecule has 4 heterocycles. The predicted molar refractivity (Wildman–Crippen MR) is 106 cm³/mol. The predicted octanol–water partition coefficient (Wildman–Crippen LogP) is 3.77. The molecule has 0 radical (unpaired) electrons.